The van der Waals surface area contributed by atoms with Gasteiger partial charge in [0, 0.05) is 28.5 Å². The number of nitrogens with one attached hydrogen (secondary N) is 1. The normalized spacial score (nSPS) is 11.5. The molecule has 9 heteroatoms. The van der Waals surface area contributed by atoms with E-state index < -0.39 is 11.7 Å². The summed E-state index contributed by atoms with van der Waals surface area (Å²) < 4.78 is 40.1. The molecule has 2 aromatic heterocycles. The van der Waals surface area contributed by atoms with E-state index in [4.69, 9.17) is 11.6 Å². The Bertz CT molecular complexity index is 1120. The largest absolute Gasteiger partial charge is 0.416 e. The second-order valence-electron chi connectivity index (χ2n) is 6.45. The molecule has 4 aromatic rings. The number of hydrogen-bond acceptors (Lipinski definition) is 4. The molecule has 2 heterocycles. The van der Waals surface area contributed by atoms with Crippen molar-refractivity contribution >= 4 is 11.6 Å². The van der Waals surface area contributed by atoms with Gasteiger partial charge < -0.3 is 5.43 Å². The van der Waals surface area contributed by atoms with Crippen LogP contribution in [0, 0.1) is 0 Å². The summed E-state index contributed by atoms with van der Waals surface area (Å²) in [7, 11) is 0. The molecule has 4 rings (SSSR count). The molecule has 0 saturated heterocycles. The Morgan fingerprint density at radius 2 is 1.37 bits per heavy atom. The Morgan fingerprint density at radius 1 is 0.800 bits per heavy atom. The zero-order valence-electron chi connectivity index (χ0n) is 15.4. The molecule has 0 atom stereocenters. The van der Waals surface area contributed by atoms with Gasteiger partial charge >= 0.3 is 6.18 Å². The van der Waals surface area contributed by atoms with Crippen molar-refractivity contribution in [2.75, 3.05) is 5.43 Å². The van der Waals surface area contributed by atoms with E-state index in [1.807, 2.05) is 12.1 Å². The SMILES string of the molecule is FC(F)(F)c1ccc(CNn2c(-c3ccncc3)nnc2-c2ccc(Cl)cc2)cc1. The van der Waals surface area contributed by atoms with Crippen molar-refractivity contribution in [3.8, 4) is 22.8 Å². The van der Waals surface area contributed by atoms with E-state index in [0.29, 0.717) is 22.2 Å². The van der Waals surface area contributed by atoms with Crippen LogP contribution in [0.2, 0.25) is 5.02 Å². The second-order valence-corrected chi connectivity index (χ2v) is 6.89. The Balaban J connectivity index is 1.66. The predicted molar refractivity (Wildman–Crippen MR) is 108 cm³/mol. The highest BCUT2D eigenvalue weighted by Crippen LogP contribution is 2.29. The van der Waals surface area contributed by atoms with Crippen LogP contribution in [0.25, 0.3) is 22.8 Å². The first-order valence-corrected chi connectivity index (χ1v) is 9.31. The summed E-state index contributed by atoms with van der Waals surface area (Å²) in [5.41, 5.74) is 4.77. The maximum Gasteiger partial charge on any atom is 0.416 e. The van der Waals surface area contributed by atoms with E-state index in [-0.39, 0.29) is 6.54 Å². The average Bonchev–Trinajstić information content (AvgIpc) is 3.17. The minimum absolute atomic E-state index is 0.273. The van der Waals surface area contributed by atoms with Gasteiger partial charge in [-0.15, -0.1) is 10.2 Å². The third kappa shape index (κ3) is 4.28. The third-order valence-electron chi connectivity index (χ3n) is 4.43. The molecule has 0 bridgehead atoms. The monoisotopic (exact) mass is 429 g/mol. The fourth-order valence-corrected chi connectivity index (χ4v) is 3.02. The van der Waals surface area contributed by atoms with Gasteiger partial charge in [-0.05, 0) is 54.1 Å². The molecule has 0 amide bonds. The second kappa shape index (κ2) is 8.16. The van der Waals surface area contributed by atoms with Gasteiger partial charge in [-0.25, -0.2) is 4.68 Å². The van der Waals surface area contributed by atoms with Gasteiger partial charge in [-0.2, -0.15) is 13.2 Å². The minimum atomic E-state index is -4.36. The Morgan fingerprint density at radius 3 is 1.93 bits per heavy atom. The van der Waals surface area contributed by atoms with E-state index in [0.717, 1.165) is 23.3 Å². The number of pyridine rings is 1. The number of nitrogens with zero attached hydrogens (tertiary/aromatic N) is 4. The third-order valence-corrected chi connectivity index (χ3v) is 4.68. The van der Waals surface area contributed by atoms with Crippen molar-refractivity contribution in [3.63, 3.8) is 0 Å². The highest BCUT2D eigenvalue weighted by molar-refractivity contribution is 6.30. The Labute approximate surface area is 175 Å². The van der Waals surface area contributed by atoms with Crippen LogP contribution in [-0.4, -0.2) is 19.9 Å². The van der Waals surface area contributed by atoms with Crippen LogP contribution in [0.3, 0.4) is 0 Å². The first-order chi connectivity index (χ1) is 14.4. The van der Waals surface area contributed by atoms with E-state index in [1.54, 1.807) is 41.3 Å². The summed E-state index contributed by atoms with van der Waals surface area (Å²) >= 11 is 5.98. The quantitative estimate of drug-likeness (QED) is 0.460. The summed E-state index contributed by atoms with van der Waals surface area (Å²) in [6.07, 6.45) is -1.07. The van der Waals surface area contributed by atoms with Crippen LogP contribution in [0.4, 0.5) is 13.2 Å². The molecule has 1 N–H and O–H groups in total. The Hall–Kier alpha value is -3.39. The standard InChI is InChI=1S/C21H15ClF3N5/c22-18-7-3-15(4-8-18)19-28-29-20(16-9-11-26-12-10-16)30(19)27-13-14-1-5-17(6-2-14)21(23,24)25/h1-12,27H,13H2. The molecule has 0 unspecified atom stereocenters. The van der Waals surface area contributed by atoms with Crippen molar-refractivity contribution in [1.82, 2.24) is 19.9 Å². The molecular formula is C21H15ClF3N5. The lowest BCUT2D eigenvalue weighted by molar-refractivity contribution is -0.137. The molecule has 0 spiro atoms. The van der Waals surface area contributed by atoms with Gasteiger partial charge in [-0.3, -0.25) is 4.98 Å². The minimum Gasteiger partial charge on any atom is -0.318 e. The van der Waals surface area contributed by atoms with Crippen molar-refractivity contribution in [1.29, 1.82) is 0 Å². The van der Waals surface area contributed by atoms with E-state index in [9.17, 15) is 13.2 Å². The summed E-state index contributed by atoms with van der Waals surface area (Å²) in [4.78, 5) is 4.01. The molecule has 0 saturated carbocycles. The lowest BCUT2D eigenvalue weighted by Gasteiger charge is -2.14. The predicted octanol–water partition coefficient (Wildman–Crippen LogP) is 5.42. The van der Waals surface area contributed by atoms with Crippen molar-refractivity contribution in [3.05, 3.63) is 89.2 Å². The first-order valence-electron chi connectivity index (χ1n) is 8.93. The number of halogens is 4. The number of hydrogen-bond donors (Lipinski definition) is 1. The highest BCUT2D eigenvalue weighted by atomic mass is 35.5. The summed E-state index contributed by atoms with van der Waals surface area (Å²) in [5, 5.41) is 9.17. The van der Waals surface area contributed by atoms with Crippen LogP contribution < -0.4 is 5.43 Å². The zero-order chi connectivity index (χ0) is 21.1. The molecular weight excluding hydrogens is 415 g/mol. The maximum absolute atomic E-state index is 12.8. The molecule has 30 heavy (non-hydrogen) atoms. The molecule has 0 aliphatic rings. The number of alkyl halides is 3. The zero-order valence-corrected chi connectivity index (χ0v) is 16.2. The summed E-state index contributed by atoms with van der Waals surface area (Å²) in [6, 6.07) is 15.7. The number of aromatic nitrogens is 4. The van der Waals surface area contributed by atoms with Gasteiger partial charge in [0.1, 0.15) is 0 Å². The van der Waals surface area contributed by atoms with Gasteiger partial charge in [0.2, 0.25) is 0 Å². The molecule has 0 aliphatic carbocycles. The van der Waals surface area contributed by atoms with Crippen LogP contribution in [-0.2, 0) is 12.7 Å². The average molecular weight is 430 g/mol. The van der Waals surface area contributed by atoms with Crippen molar-refractivity contribution in [2.24, 2.45) is 0 Å². The van der Waals surface area contributed by atoms with E-state index in [2.05, 4.69) is 20.6 Å². The Kier molecular flexibility index (Phi) is 5.41. The van der Waals surface area contributed by atoms with E-state index >= 15 is 0 Å². The van der Waals surface area contributed by atoms with Crippen LogP contribution in [0.1, 0.15) is 11.1 Å². The smallest absolute Gasteiger partial charge is 0.318 e. The van der Waals surface area contributed by atoms with Gasteiger partial charge in [-0.1, -0.05) is 23.7 Å². The van der Waals surface area contributed by atoms with Crippen LogP contribution in [0.15, 0.2) is 73.1 Å². The fourth-order valence-electron chi connectivity index (χ4n) is 2.89. The van der Waals surface area contributed by atoms with Gasteiger partial charge in [0.05, 0.1) is 12.1 Å². The summed E-state index contributed by atoms with van der Waals surface area (Å²) in [6.45, 7) is 0.273. The maximum atomic E-state index is 12.8. The molecule has 2 aromatic carbocycles. The topological polar surface area (TPSA) is 55.6 Å². The van der Waals surface area contributed by atoms with Crippen molar-refractivity contribution in [2.45, 2.75) is 12.7 Å². The van der Waals surface area contributed by atoms with Crippen LogP contribution >= 0.6 is 11.6 Å². The molecule has 0 aliphatic heterocycles. The number of rotatable bonds is 5. The molecule has 0 fully saturated rings. The molecule has 5 nitrogen and oxygen atoms in total. The lowest BCUT2D eigenvalue weighted by Crippen LogP contribution is -2.17. The fraction of sp³-hybridized carbons (Fsp3) is 0.0952. The molecule has 152 valence electrons. The molecule has 0 radical (unpaired) electrons. The van der Waals surface area contributed by atoms with E-state index in [1.165, 1.54) is 12.1 Å². The highest BCUT2D eigenvalue weighted by Gasteiger charge is 2.29. The van der Waals surface area contributed by atoms with Crippen LogP contribution in [0.5, 0.6) is 0 Å². The lowest BCUT2D eigenvalue weighted by atomic mass is 10.1. The number of benzene rings is 2. The summed E-state index contributed by atoms with van der Waals surface area (Å²) in [5.74, 6) is 1.10. The van der Waals surface area contributed by atoms with Gasteiger partial charge in [0.15, 0.2) is 11.6 Å². The van der Waals surface area contributed by atoms with Crippen molar-refractivity contribution < 1.29 is 13.2 Å². The first kappa shape index (κ1) is 19.9. The van der Waals surface area contributed by atoms with Gasteiger partial charge in [0.25, 0.3) is 0 Å².